The molecule has 0 fully saturated rings. The molecule has 0 aliphatic heterocycles. The molecule has 2 unspecified atom stereocenters. The number of aromatic hydroxyl groups is 1. The Morgan fingerprint density at radius 3 is 1.49 bits per heavy atom. The number of hydrogen-bond donors (Lipinski definition) is 15. The molecule has 3 aromatic rings. The second kappa shape index (κ2) is 30.4. The number of fused-ring (bicyclic) bond motifs is 1. The lowest BCUT2D eigenvalue weighted by Gasteiger charge is -2.26. The molecule has 7 atom stereocenters. The number of amides is 7. The van der Waals surface area contributed by atoms with Crippen LogP contribution in [0.4, 0.5) is 11.6 Å². The second-order valence-corrected chi connectivity index (χ2v) is 17.1. The van der Waals surface area contributed by atoms with Gasteiger partial charge in [-0.2, -0.15) is 9.97 Å². The molecule has 2 aromatic heterocycles. The number of azide groups is 1. The number of carboxylic acid groups (broad SMARTS) is 5. The van der Waals surface area contributed by atoms with Crippen molar-refractivity contribution in [1.29, 1.82) is 0 Å². The minimum Gasteiger partial charge on any atom is -0.492 e. The van der Waals surface area contributed by atoms with E-state index < -0.39 is 158 Å². The second-order valence-electron chi connectivity index (χ2n) is 17.1. The van der Waals surface area contributed by atoms with E-state index in [2.05, 4.69) is 51.2 Å². The molecule has 0 spiro atoms. The fraction of sp³-hybridized carbons (Fsp3) is 0.455. The average Bonchev–Trinajstić information content (AvgIpc) is 3.35. The van der Waals surface area contributed by atoms with Crippen molar-refractivity contribution < 1.29 is 88.2 Å². The Hall–Kier alpha value is -10.0. The normalized spacial score (nSPS) is 13.4. The van der Waals surface area contributed by atoms with E-state index in [1.54, 1.807) is 19.1 Å². The Labute approximate surface area is 439 Å². The number of rotatable bonds is 33. The zero-order valence-corrected chi connectivity index (χ0v) is 41.5. The third kappa shape index (κ3) is 21.8. The van der Waals surface area contributed by atoms with E-state index in [1.807, 2.05) is 21.3 Å². The lowest BCUT2D eigenvalue weighted by Crippen LogP contribution is -2.60. The highest BCUT2D eigenvalue weighted by Crippen LogP contribution is 2.19. The smallest absolute Gasteiger partial charge is 0.305 e. The van der Waals surface area contributed by atoms with Gasteiger partial charge in [0.2, 0.25) is 47.3 Å². The van der Waals surface area contributed by atoms with Gasteiger partial charge >= 0.3 is 29.8 Å². The number of nitrogen functional groups attached to an aromatic ring is 1. The highest BCUT2D eigenvalue weighted by Gasteiger charge is 2.36. The number of nitrogens with one attached hydrogen (secondary N) is 8. The third-order valence-corrected chi connectivity index (χ3v) is 10.7. The van der Waals surface area contributed by atoms with Gasteiger partial charge in [-0.05, 0) is 62.9 Å². The third-order valence-electron chi connectivity index (χ3n) is 10.7. The Morgan fingerprint density at radius 2 is 1.04 bits per heavy atom. The first-order chi connectivity index (χ1) is 36.7. The van der Waals surface area contributed by atoms with Crippen LogP contribution in [0.3, 0.4) is 0 Å². The summed E-state index contributed by atoms with van der Waals surface area (Å²) in [5.74, 6) is -17.8. The van der Waals surface area contributed by atoms with Gasteiger partial charge in [-0.15, -0.1) is 0 Å². The van der Waals surface area contributed by atoms with Gasteiger partial charge in [0.1, 0.15) is 30.2 Å². The van der Waals surface area contributed by atoms with Crippen LogP contribution in [-0.4, -0.2) is 171 Å². The van der Waals surface area contributed by atoms with Crippen molar-refractivity contribution in [3.63, 3.8) is 0 Å². The van der Waals surface area contributed by atoms with Crippen LogP contribution in [0, 0.1) is 0 Å². The highest BCUT2D eigenvalue weighted by molar-refractivity contribution is 6.00. The molecule has 78 heavy (non-hydrogen) atoms. The molecule has 2 heterocycles. The van der Waals surface area contributed by atoms with Crippen LogP contribution in [0.25, 0.3) is 21.6 Å². The molecule has 0 saturated heterocycles. The molecular formula is C44H56N16O18. The van der Waals surface area contributed by atoms with Gasteiger partial charge in [-0.25, -0.2) is 9.97 Å². The van der Waals surface area contributed by atoms with Crippen LogP contribution >= 0.6 is 0 Å². The van der Waals surface area contributed by atoms with Crippen LogP contribution in [0.15, 0.2) is 35.6 Å². The maximum atomic E-state index is 13.5. The molecule has 3 rings (SSSR count). The minimum absolute atomic E-state index is 0.0423. The predicted molar refractivity (Wildman–Crippen MR) is 263 cm³/mol. The largest absolute Gasteiger partial charge is 0.492 e. The molecule has 0 aliphatic carbocycles. The molecule has 0 radical (unpaired) electrons. The first kappa shape index (κ1) is 62.3. The van der Waals surface area contributed by atoms with Gasteiger partial charge in [0, 0.05) is 41.2 Å². The lowest BCUT2D eigenvalue weighted by atomic mass is 10.1. The van der Waals surface area contributed by atoms with Crippen molar-refractivity contribution in [3.8, 4) is 5.88 Å². The number of nitrogens with two attached hydrogens (primary N) is 1. The quantitative estimate of drug-likeness (QED) is 0.0131. The predicted octanol–water partition coefficient (Wildman–Crippen LogP) is -2.39. The van der Waals surface area contributed by atoms with Gasteiger partial charge < -0.3 is 78.9 Å². The molecule has 7 amide bonds. The van der Waals surface area contributed by atoms with Crippen molar-refractivity contribution in [2.75, 3.05) is 17.6 Å². The van der Waals surface area contributed by atoms with E-state index in [0.29, 0.717) is 17.8 Å². The maximum absolute atomic E-state index is 13.5. The van der Waals surface area contributed by atoms with Gasteiger partial charge in [0.25, 0.3) is 5.91 Å². The van der Waals surface area contributed by atoms with Gasteiger partial charge in [-0.1, -0.05) is 5.11 Å². The molecule has 34 nitrogen and oxygen atoms in total. The zero-order chi connectivity index (χ0) is 58.2. The van der Waals surface area contributed by atoms with Crippen LogP contribution in [0.1, 0.15) is 87.7 Å². The van der Waals surface area contributed by atoms with Crippen molar-refractivity contribution in [3.05, 3.63) is 52.2 Å². The maximum Gasteiger partial charge on any atom is 0.305 e. The molecule has 420 valence electrons. The number of carbonyl (C=O) groups is 12. The van der Waals surface area contributed by atoms with E-state index >= 15 is 0 Å². The Bertz CT molecular complexity index is 2790. The summed E-state index contributed by atoms with van der Waals surface area (Å²) in [5.41, 5.74) is 15.3. The average molecular weight is 1100 g/mol. The Balaban J connectivity index is 1.64. The standard InChI is InChI=1S/C44H56N16O18/c1-19(4-3-11-49-60-46)51-38(73)25(13-31(64)65)54-40(75)27(15-33(68)69)56-42(77)28(16-34(70)71)57-41(76)26(14-32(66)67)55-39(74)24(12-30(62)63)53-29(61)10-5-20(2)50-37(72)21-6-8-22(9-7-21)47-17-23-18-48-36-35(52-23)43(78)59-44(45)58-36/h6-9,18-20,24-28,47H,3-5,10-17H2,1-2H3,(H,50,72)(H,51,73)(H,53,61)(H,54,75)(H,55,74)(H,56,77)(H,57,76)(H,62,63)(H,64,65)(H,66,67)(H,68,69)(H,70,71)(H3,45,48,58,59,78)/t19-,20-,24-,25?,26-,27-,28?/m1/s1. The van der Waals surface area contributed by atoms with Crippen LogP contribution in [0.2, 0.25) is 0 Å². The van der Waals surface area contributed by atoms with E-state index in [0.717, 1.165) is 0 Å². The van der Waals surface area contributed by atoms with E-state index in [1.165, 1.54) is 25.3 Å². The summed E-state index contributed by atoms with van der Waals surface area (Å²) in [6.45, 7) is 3.27. The molecule has 0 saturated carbocycles. The number of carbonyl (C=O) groups excluding carboxylic acids is 7. The minimum atomic E-state index is -2.26. The number of carboxylic acids is 5. The molecule has 1 aromatic carbocycles. The SMILES string of the molecule is C[C@H](CCC(=O)N[C@H](CC(=O)O)C(=O)N[C@H](CC(=O)O)C(=O)NC(CC(=O)O)C(=O)N[C@H](CC(=O)O)C(=O)NC(CC(=O)O)C(=O)N[C@H](C)CCCN=[N+]=[N-])NC(=O)c1ccc(NCc2cnc3nc(N)nc(O)c3n2)cc1. The fourth-order valence-electron chi connectivity index (χ4n) is 6.89. The van der Waals surface area contributed by atoms with Crippen molar-refractivity contribution in [2.45, 2.75) is 120 Å². The summed E-state index contributed by atoms with van der Waals surface area (Å²) in [4.78, 5) is 170. The number of benzene rings is 1. The van der Waals surface area contributed by atoms with Crippen LogP contribution in [-0.2, 0) is 59.3 Å². The highest BCUT2D eigenvalue weighted by atomic mass is 16.4. The topological polar surface area (TPSA) is 549 Å². The van der Waals surface area contributed by atoms with Gasteiger partial charge in [-0.3, -0.25) is 57.5 Å². The summed E-state index contributed by atoms with van der Waals surface area (Å²) in [5, 5.41) is 79.0. The molecule has 34 heteroatoms. The van der Waals surface area contributed by atoms with E-state index in [-0.39, 0.29) is 48.6 Å². The monoisotopic (exact) mass is 1100 g/mol. The van der Waals surface area contributed by atoms with Gasteiger partial charge in [0.15, 0.2) is 11.2 Å². The molecular weight excluding hydrogens is 1040 g/mol. The first-order valence-corrected chi connectivity index (χ1v) is 23.3. The number of aliphatic carboxylic acids is 5. The molecule has 0 aliphatic rings. The van der Waals surface area contributed by atoms with Crippen molar-refractivity contribution in [1.82, 2.24) is 57.2 Å². The first-order valence-electron chi connectivity index (χ1n) is 23.3. The zero-order valence-electron chi connectivity index (χ0n) is 41.5. The van der Waals surface area contributed by atoms with Gasteiger partial charge in [0.05, 0.1) is 50.5 Å². The molecule has 16 N–H and O–H groups in total. The summed E-state index contributed by atoms with van der Waals surface area (Å²) >= 11 is 0. The summed E-state index contributed by atoms with van der Waals surface area (Å²) < 4.78 is 0. The number of hydrogen-bond acceptors (Lipinski definition) is 20. The number of aromatic nitrogens is 4. The van der Waals surface area contributed by atoms with Crippen molar-refractivity contribution in [2.24, 2.45) is 5.11 Å². The van der Waals surface area contributed by atoms with Crippen molar-refractivity contribution >= 4 is 94.0 Å². The molecule has 0 bridgehead atoms. The van der Waals surface area contributed by atoms with E-state index in [4.69, 9.17) is 11.3 Å². The van der Waals surface area contributed by atoms with E-state index in [9.17, 15) is 88.2 Å². The summed E-state index contributed by atoms with van der Waals surface area (Å²) in [6.07, 6.45) is -4.55. The number of nitrogens with zero attached hydrogens (tertiary/aromatic N) is 7. The Kier molecular flexibility index (Phi) is 24.3. The summed E-state index contributed by atoms with van der Waals surface area (Å²) in [6, 6.07) is -5.66. The Morgan fingerprint density at radius 1 is 0.603 bits per heavy atom. The van der Waals surface area contributed by atoms with Crippen LogP contribution < -0.4 is 48.3 Å². The fourth-order valence-corrected chi connectivity index (χ4v) is 6.89. The lowest BCUT2D eigenvalue weighted by molar-refractivity contribution is -0.145. The number of anilines is 2. The summed E-state index contributed by atoms with van der Waals surface area (Å²) in [7, 11) is 0. The van der Waals surface area contributed by atoms with Crippen LogP contribution in [0.5, 0.6) is 5.88 Å².